The van der Waals surface area contributed by atoms with Gasteiger partial charge in [0.25, 0.3) is 0 Å². The average Bonchev–Trinajstić information content (AvgIpc) is 2.81. The molecule has 1 aliphatic rings. The van der Waals surface area contributed by atoms with Crippen LogP contribution in [0.25, 0.3) is 4.85 Å². The summed E-state index contributed by atoms with van der Waals surface area (Å²) in [4.78, 5) is 19.6. The zero-order valence-electron chi connectivity index (χ0n) is 12.7. The lowest BCUT2D eigenvalue weighted by Crippen LogP contribution is -2.44. The van der Waals surface area contributed by atoms with Gasteiger partial charge in [0.1, 0.15) is 12.3 Å². The number of nitriles is 1. The van der Waals surface area contributed by atoms with E-state index in [-0.39, 0.29) is 6.61 Å². The Balaban J connectivity index is 1.97. The van der Waals surface area contributed by atoms with Crippen molar-refractivity contribution in [2.75, 3.05) is 6.54 Å². The summed E-state index contributed by atoms with van der Waals surface area (Å²) in [7, 11) is 0. The Bertz CT molecular complexity index is 629. The first-order chi connectivity index (χ1) is 11.2. The minimum absolute atomic E-state index is 0.177. The third-order valence-electron chi connectivity index (χ3n) is 3.59. The normalized spacial score (nSPS) is 18.5. The molecule has 0 aromatic heterocycles. The van der Waals surface area contributed by atoms with Crippen molar-refractivity contribution in [2.24, 2.45) is 4.99 Å². The van der Waals surface area contributed by atoms with Crippen LogP contribution in [-0.4, -0.2) is 30.4 Å². The van der Waals surface area contributed by atoms with Gasteiger partial charge in [-0.25, -0.2) is 11.4 Å². The molecule has 0 saturated carbocycles. The molecular formula is C17H18N4O2. The van der Waals surface area contributed by atoms with Gasteiger partial charge in [0.15, 0.2) is 6.07 Å². The number of rotatable bonds is 4. The van der Waals surface area contributed by atoms with E-state index in [0.29, 0.717) is 18.7 Å². The van der Waals surface area contributed by atoms with Crippen LogP contribution >= 0.6 is 0 Å². The van der Waals surface area contributed by atoms with Crippen LogP contribution < -0.4 is 5.32 Å². The number of carbonyl (C=O) groups is 1. The summed E-state index contributed by atoms with van der Waals surface area (Å²) in [6, 6.07) is 9.95. The Morgan fingerprint density at radius 1 is 1.48 bits per heavy atom. The average molecular weight is 310 g/mol. The quantitative estimate of drug-likeness (QED) is 0.868. The van der Waals surface area contributed by atoms with E-state index < -0.39 is 18.2 Å². The van der Waals surface area contributed by atoms with Crippen molar-refractivity contribution in [3.63, 3.8) is 0 Å². The summed E-state index contributed by atoms with van der Waals surface area (Å²) in [6.45, 7) is 7.87. The van der Waals surface area contributed by atoms with Crippen molar-refractivity contribution in [2.45, 2.75) is 38.0 Å². The second kappa shape index (κ2) is 8.55. The fourth-order valence-corrected chi connectivity index (χ4v) is 2.42. The molecule has 118 valence electrons. The topological polar surface area (TPSA) is 78.8 Å². The Morgan fingerprint density at radius 3 is 2.96 bits per heavy atom. The number of hydrogen-bond donors (Lipinski definition) is 1. The highest BCUT2D eigenvalue weighted by Crippen LogP contribution is 2.13. The Hall–Kier alpha value is -2.86. The van der Waals surface area contributed by atoms with Crippen LogP contribution in [0.5, 0.6) is 0 Å². The first kappa shape index (κ1) is 16.5. The van der Waals surface area contributed by atoms with Gasteiger partial charge in [-0.15, -0.1) is 0 Å². The van der Waals surface area contributed by atoms with Gasteiger partial charge in [0.05, 0.1) is 6.04 Å². The Morgan fingerprint density at radius 2 is 2.26 bits per heavy atom. The van der Waals surface area contributed by atoms with Gasteiger partial charge in [0.2, 0.25) is 0 Å². The SMILES string of the molecule is [C-]#[N+]C(C#N)C1=NCCCC[C@@H]1NC(=O)OCc1ccccc1. The van der Waals surface area contributed by atoms with Crippen molar-refractivity contribution in [1.29, 1.82) is 5.26 Å². The van der Waals surface area contributed by atoms with Gasteiger partial charge >= 0.3 is 12.1 Å². The van der Waals surface area contributed by atoms with Crippen LogP contribution in [0.4, 0.5) is 4.79 Å². The molecule has 1 aromatic rings. The summed E-state index contributed by atoms with van der Waals surface area (Å²) in [5, 5.41) is 11.8. The number of amides is 1. The second-order valence-corrected chi connectivity index (χ2v) is 5.22. The van der Waals surface area contributed by atoms with Gasteiger partial charge in [-0.3, -0.25) is 9.84 Å². The second-order valence-electron chi connectivity index (χ2n) is 5.22. The molecule has 0 radical (unpaired) electrons. The molecule has 0 spiro atoms. The number of aliphatic imine (C=N–C) groups is 1. The molecule has 6 nitrogen and oxygen atoms in total. The molecule has 1 aliphatic heterocycles. The molecule has 1 aromatic carbocycles. The number of benzene rings is 1. The van der Waals surface area contributed by atoms with Crippen molar-refractivity contribution in [3.05, 3.63) is 47.3 Å². The fourth-order valence-electron chi connectivity index (χ4n) is 2.42. The van der Waals surface area contributed by atoms with Crippen molar-refractivity contribution < 1.29 is 9.53 Å². The standard InChI is InChI=1S/C17H18N4O2/c1-19-15(11-18)16-14(9-5-6-10-20-16)21-17(22)23-12-13-7-3-2-4-8-13/h2-4,7-8,14-15H,5-6,9-10,12H2,(H,21,22)/t14-,15?/m0/s1. The van der Waals surface area contributed by atoms with E-state index in [1.54, 1.807) is 0 Å². The molecule has 1 heterocycles. The predicted octanol–water partition coefficient (Wildman–Crippen LogP) is 2.72. The Kier molecular flexibility index (Phi) is 6.14. The van der Waals surface area contributed by atoms with Crippen LogP contribution in [0.1, 0.15) is 24.8 Å². The van der Waals surface area contributed by atoms with Gasteiger partial charge in [0, 0.05) is 6.54 Å². The molecule has 2 atom stereocenters. The molecule has 1 unspecified atom stereocenters. The van der Waals surface area contributed by atoms with E-state index >= 15 is 0 Å². The van der Waals surface area contributed by atoms with E-state index in [4.69, 9.17) is 16.6 Å². The number of alkyl carbamates (subject to hydrolysis) is 1. The van der Waals surface area contributed by atoms with E-state index in [1.165, 1.54) is 0 Å². The van der Waals surface area contributed by atoms with Crippen molar-refractivity contribution >= 4 is 11.8 Å². The third kappa shape index (κ3) is 4.82. The summed E-state index contributed by atoms with van der Waals surface area (Å²) >= 11 is 0. The highest BCUT2D eigenvalue weighted by atomic mass is 16.5. The van der Waals surface area contributed by atoms with Crippen molar-refractivity contribution in [1.82, 2.24) is 5.32 Å². The molecule has 23 heavy (non-hydrogen) atoms. The van der Waals surface area contributed by atoms with Crippen LogP contribution in [0.15, 0.2) is 35.3 Å². The molecule has 0 saturated heterocycles. The summed E-state index contributed by atoms with van der Waals surface area (Å²) in [5.41, 5.74) is 1.34. The van der Waals surface area contributed by atoms with Gasteiger partial charge in [-0.2, -0.15) is 5.26 Å². The Labute approximate surface area is 135 Å². The van der Waals surface area contributed by atoms with Gasteiger partial charge in [-0.1, -0.05) is 30.3 Å². The minimum Gasteiger partial charge on any atom is -0.445 e. The fraction of sp³-hybridized carbons (Fsp3) is 0.412. The monoisotopic (exact) mass is 310 g/mol. The lowest BCUT2D eigenvalue weighted by molar-refractivity contribution is 0.137. The van der Waals surface area contributed by atoms with Gasteiger partial charge < -0.3 is 10.1 Å². The zero-order chi connectivity index (χ0) is 16.5. The third-order valence-corrected chi connectivity index (χ3v) is 3.59. The summed E-state index contributed by atoms with van der Waals surface area (Å²) in [5.74, 6) is 0. The molecule has 1 amide bonds. The minimum atomic E-state index is -0.951. The van der Waals surface area contributed by atoms with Gasteiger partial charge in [-0.05, 0) is 24.8 Å². The first-order valence-electron chi connectivity index (χ1n) is 7.52. The van der Waals surface area contributed by atoms with Crippen LogP contribution in [-0.2, 0) is 11.3 Å². The molecular weight excluding hydrogens is 292 g/mol. The first-order valence-corrected chi connectivity index (χ1v) is 7.52. The van der Waals surface area contributed by atoms with Crippen LogP contribution in [0.2, 0.25) is 0 Å². The molecule has 0 aliphatic carbocycles. The maximum Gasteiger partial charge on any atom is 0.407 e. The van der Waals surface area contributed by atoms with E-state index in [9.17, 15) is 4.79 Å². The maximum atomic E-state index is 12.0. The molecule has 0 fully saturated rings. The van der Waals surface area contributed by atoms with Crippen LogP contribution in [0, 0.1) is 17.9 Å². The van der Waals surface area contributed by atoms with E-state index in [0.717, 1.165) is 18.4 Å². The highest BCUT2D eigenvalue weighted by Gasteiger charge is 2.31. The number of hydrogen-bond acceptors (Lipinski definition) is 4. The highest BCUT2D eigenvalue weighted by molar-refractivity contribution is 5.99. The van der Waals surface area contributed by atoms with E-state index in [1.807, 2.05) is 36.4 Å². The van der Waals surface area contributed by atoms with E-state index in [2.05, 4.69) is 15.2 Å². The smallest absolute Gasteiger partial charge is 0.407 e. The summed E-state index contributed by atoms with van der Waals surface area (Å²) < 4.78 is 5.20. The zero-order valence-corrected chi connectivity index (χ0v) is 12.7. The van der Waals surface area contributed by atoms with Crippen LogP contribution in [0.3, 0.4) is 0 Å². The largest absolute Gasteiger partial charge is 0.445 e. The number of nitrogens with zero attached hydrogens (tertiary/aromatic N) is 3. The predicted molar refractivity (Wildman–Crippen MR) is 85.7 cm³/mol. The molecule has 2 rings (SSSR count). The number of nitrogens with one attached hydrogen (secondary N) is 1. The lowest BCUT2D eigenvalue weighted by Gasteiger charge is -2.17. The maximum absolute atomic E-state index is 12.0. The summed E-state index contributed by atoms with van der Waals surface area (Å²) in [6.07, 6.45) is 1.87. The lowest BCUT2D eigenvalue weighted by atomic mass is 10.0. The number of carbonyl (C=O) groups excluding carboxylic acids is 1. The van der Waals surface area contributed by atoms with Crippen molar-refractivity contribution in [3.8, 4) is 6.07 Å². The molecule has 1 N–H and O–H groups in total. The molecule has 6 heteroatoms. The molecule has 0 bridgehead atoms. The number of ether oxygens (including phenoxy) is 1.